The van der Waals surface area contributed by atoms with E-state index >= 15 is 0 Å². The van der Waals surface area contributed by atoms with Crippen LogP contribution in [-0.2, 0) is 10.3 Å². The van der Waals surface area contributed by atoms with Crippen LogP contribution in [0.2, 0.25) is 0 Å². The Bertz CT molecular complexity index is 950. The van der Waals surface area contributed by atoms with Crippen molar-refractivity contribution in [1.82, 2.24) is 9.78 Å². The number of rotatable bonds is 1. The lowest BCUT2D eigenvalue weighted by Gasteiger charge is -2.23. The number of benzene rings is 2. The Kier molecular flexibility index (Phi) is 3.84. The first-order valence-corrected chi connectivity index (χ1v) is 9.47. The summed E-state index contributed by atoms with van der Waals surface area (Å²) in [4.78, 5) is 12.3. The Hall–Kier alpha value is -2.27. The summed E-state index contributed by atoms with van der Waals surface area (Å²) in [6.07, 6.45) is 1.91. The Morgan fingerprint density at radius 2 is 1.88 bits per heavy atom. The summed E-state index contributed by atoms with van der Waals surface area (Å²) >= 11 is 1.66. The molecule has 1 amide bonds. The first kappa shape index (κ1) is 16.2. The molecule has 1 aromatic heterocycles. The Balaban J connectivity index is 1.92. The SMILES string of the molecule is CC(C)(C)n1ncc2c1NC(=O)CS[C@H]2c1cccc2ccccc12. The standard InChI is InChI=1S/C20H21N3OS/c1-20(2,3)23-19-16(11-21-23)18(25-12-17(24)22-19)15-10-6-8-13-7-4-5-9-14(13)15/h4-11,18H,12H2,1-3H3,(H,22,24)/t18-/m0/s1. The molecule has 0 radical (unpaired) electrons. The molecule has 128 valence electrons. The van der Waals surface area contributed by atoms with E-state index in [-0.39, 0.29) is 16.7 Å². The molecule has 0 unspecified atom stereocenters. The number of hydrogen-bond acceptors (Lipinski definition) is 3. The quantitative estimate of drug-likeness (QED) is 0.699. The van der Waals surface area contributed by atoms with Gasteiger partial charge in [-0.1, -0.05) is 42.5 Å². The highest BCUT2D eigenvalue weighted by Gasteiger charge is 2.31. The van der Waals surface area contributed by atoms with Gasteiger partial charge in [-0.15, -0.1) is 11.8 Å². The van der Waals surface area contributed by atoms with Crippen LogP contribution in [0.25, 0.3) is 10.8 Å². The van der Waals surface area contributed by atoms with Crippen LogP contribution in [0.5, 0.6) is 0 Å². The minimum Gasteiger partial charge on any atom is -0.310 e. The lowest BCUT2D eigenvalue weighted by Crippen LogP contribution is -2.27. The van der Waals surface area contributed by atoms with Crippen molar-refractivity contribution >= 4 is 34.3 Å². The van der Waals surface area contributed by atoms with Crippen molar-refractivity contribution in [1.29, 1.82) is 0 Å². The summed E-state index contributed by atoms with van der Waals surface area (Å²) in [7, 11) is 0. The van der Waals surface area contributed by atoms with E-state index in [1.165, 1.54) is 16.3 Å². The summed E-state index contributed by atoms with van der Waals surface area (Å²) < 4.78 is 1.92. The normalized spacial score (nSPS) is 17.9. The van der Waals surface area contributed by atoms with Gasteiger partial charge in [0.1, 0.15) is 5.82 Å². The summed E-state index contributed by atoms with van der Waals surface area (Å²) in [5, 5.41) is 10.2. The molecular formula is C20H21N3OS. The van der Waals surface area contributed by atoms with Gasteiger partial charge in [0.2, 0.25) is 5.91 Å². The lowest BCUT2D eigenvalue weighted by molar-refractivity contribution is -0.113. The highest BCUT2D eigenvalue weighted by Crippen LogP contribution is 2.44. The Morgan fingerprint density at radius 3 is 2.68 bits per heavy atom. The number of amides is 1. The van der Waals surface area contributed by atoms with Crippen LogP contribution in [0.15, 0.2) is 48.7 Å². The molecule has 0 aliphatic carbocycles. The maximum atomic E-state index is 12.3. The number of thioether (sulfide) groups is 1. The molecule has 3 aromatic rings. The molecular weight excluding hydrogens is 330 g/mol. The van der Waals surface area contributed by atoms with E-state index in [4.69, 9.17) is 0 Å². The van der Waals surface area contributed by atoms with Gasteiger partial charge in [0.25, 0.3) is 0 Å². The zero-order valence-corrected chi connectivity index (χ0v) is 15.4. The molecule has 25 heavy (non-hydrogen) atoms. The second-order valence-corrected chi connectivity index (χ2v) is 8.43. The zero-order valence-electron chi connectivity index (χ0n) is 14.6. The van der Waals surface area contributed by atoms with Crippen molar-refractivity contribution in [2.75, 3.05) is 11.1 Å². The average molecular weight is 351 g/mol. The van der Waals surface area contributed by atoms with Crippen molar-refractivity contribution in [3.63, 3.8) is 0 Å². The molecule has 1 atom stereocenters. The third-order valence-electron chi connectivity index (χ3n) is 4.46. The van der Waals surface area contributed by atoms with Crippen LogP contribution in [0.1, 0.15) is 37.1 Å². The van der Waals surface area contributed by atoms with E-state index in [1.54, 1.807) is 11.8 Å². The molecule has 5 heteroatoms. The molecule has 0 fully saturated rings. The number of carbonyl (C=O) groups excluding carboxylic acids is 1. The van der Waals surface area contributed by atoms with Crippen LogP contribution in [-0.4, -0.2) is 21.4 Å². The Morgan fingerprint density at radius 1 is 1.12 bits per heavy atom. The molecule has 1 aliphatic rings. The minimum atomic E-state index is -0.195. The van der Waals surface area contributed by atoms with Crippen LogP contribution in [0.3, 0.4) is 0 Å². The van der Waals surface area contributed by atoms with Crippen LogP contribution < -0.4 is 5.32 Å². The average Bonchev–Trinajstić information content (AvgIpc) is 2.92. The molecule has 0 bridgehead atoms. The second-order valence-electron chi connectivity index (χ2n) is 7.34. The zero-order chi connectivity index (χ0) is 17.6. The number of nitrogens with one attached hydrogen (secondary N) is 1. The maximum Gasteiger partial charge on any atom is 0.235 e. The molecule has 0 spiro atoms. The highest BCUT2D eigenvalue weighted by molar-refractivity contribution is 8.00. The smallest absolute Gasteiger partial charge is 0.235 e. The van der Waals surface area contributed by atoms with E-state index in [9.17, 15) is 4.79 Å². The van der Waals surface area contributed by atoms with Crippen molar-refractivity contribution < 1.29 is 4.79 Å². The molecule has 1 N–H and O–H groups in total. The fourth-order valence-electron chi connectivity index (χ4n) is 3.34. The molecule has 4 rings (SSSR count). The van der Waals surface area contributed by atoms with E-state index in [1.807, 2.05) is 10.9 Å². The predicted molar refractivity (Wildman–Crippen MR) is 104 cm³/mol. The van der Waals surface area contributed by atoms with E-state index in [2.05, 4.69) is 73.7 Å². The minimum absolute atomic E-state index is 0.0278. The topological polar surface area (TPSA) is 46.9 Å². The van der Waals surface area contributed by atoms with Crippen molar-refractivity contribution in [3.8, 4) is 0 Å². The third-order valence-corrected chi connectivity index (χ3v) is 5.73. The van der Waals surface area contributed by atoms with Gasteiger partial charge >= 0.3 is 0 Å². The van der Waals surface area contributed by atoms with Crippen molar-refractivity contribution in [3.05, 3.63) is 59.8 Å². The van der Waals surface area contributed by atoms with Gasteiger partial charge in [-0.3, -0.25) is 4.79 Å². The third kappa shape index (κ3) is 2.82. The first-order valence-electron chi connectivity index (χ1n) is 8.42. The van der Waals surface area contributed by atoms with Gasteiger partial charge in [0.05, 0.1) is 22.7 Å². The number of hydrogen-bond donors (Lipinski definition) is 1. The molecule has 4 nitrogen and oxygen atoms in total. The Labute approximate surface area is 151 Å². The van der Waals surface area contributed by atoms with Crippen LogP contribution in [0.4, 0.5) is 5.82 Å². The predicted octanol–water partition coefficient (Wildman–Crippen LogP) is 4.57. The monoisotopic (exact) mass is 351 g/mol. The molecule has 2 heterocycles. The maximum absolute atomic E-state index is 12.3. The number of fused-ring (bicyclic) bond motifs is 2. The van der Waals surface area contributed by atoms with Crippen molar-refractivity contribution in [2.45, 2.75) is 31.6 Å². The summed E-state index contributed by atoms with van der Waals surface area (Å²) in [6, 6.07) is 14.8. The lowest BCUT2D eigenvalue weighted by atomic mass is 9.99. The van der Waals surface area contributed by atoms with Crippen molar-refractivity contribution in [2.24, 2.45) is 0 Å². The van der Waals surface area contributed by atoms with E-state index in [0.29, 0.717) is 5.75 Å². The van der Waals surface area contributed by atoms with Crippen LogP contribution in [0, 0.1) is 0 Å². The van der Waals surface area contributed by atoms with Gasteiger partial charge in [-0.25, -0.2) is 4.68 Å². The van der Waals surface area contributed by atoms with Gasteiger partial charge in [0.15, 0.2) is 0 Å². The molecule has 0 saturated heterocycles. The summed E-state index contributed by atoms with van der Waals surface area (Å²) in [6.45, 7) is 6.28. The molecule has 1 aliphatic heterocycles. The van der Waals surface area contributed by atoms with E-state index in [0.717, 1.165) is 11.4 Å². The van der Waals surface area contributed by atoms with E-state index < -0.39 is 0 Å². The van der Waals surface area contributed by atoms with Crippen LogP contribution >= 0.6 is 11.8 Å². The molecule has 0 saturated carbocycles. The van der Waals surface area contributed by atoms with Gasteiger partial charge in [-0.2, -0.15) is 5.10 Å². The second kappa shape index (κ2) is 5.92. The molecule has 2 aromatic carbocycles. The first-order chi connectivity index (χ1) is 11.9. The number of carbonyl (C=O) groups is 1. The van der Waals surface area contributed by atoms with Gasteiger partial charge in [-0.05, 0) is 37.1 Å². The fraction of sp³-hybridized carbons (Fsp3) is 0.300. The fourth-order valence-corrected chi connectivity index (χ4v) is 4.47. The highest BCUT2D eigenvalue weighted by atomic mass is 32.2. The number of anilines is 1. The summed E-state index contributed by atoms with van der Waals surface area (Å²) in [5.74, 6) is 1.28. The largest absolute Gasteiger partial charge is 0.310 e. The van der Waals surface area contributed by atoms with Gasteiger partial charge < -0.3 is 5.32 Å². The number of nitrogens with zero attached hydrogens (tertiary/aromatic N) is 2. The number of aromatic nitrogens is 2. The summed E-state index contributed by atoms with van der Waals surface area (Å²) in [5.41, 5.74) is 2.11. The van der Waals surface area contributed by atoms with Gasteiger partial charge in [0, 0.05) is 5.56 Å².